The molecule has 0 N–H and O–H groups in total. The van der Waals surface area contributed by atoms with Crippen LogP contribution in [0.3, 0.4) is 0 Å². The molecule has 1 heterocycles. The second kappa shape index (κ2) is 5.12. The van der Waals surface area contributed by atoms with E-state index in [4.69, 9.17) is 13.1 Å². The predicted octanol–water partition coefficient (Wildman–Crippen LogP) is 1.97. The first-order valence-corrected chi connectivity index (χ1v) is 6.93. The topological polar surface area (TPSA) is 48.1 Å². The molecule has 94 valence electrons. The Morgan fingerprint density at radius 1 is 1.38 bits per heavy atom. The van der Waals surface area contributed by atoms with Crippen LogP contribution in [0.5, 0.6) is 0 Å². The number of hydrogen-bond acceptors (Lipinski definition) is 4. The van der Waals surface area contributed by atoms with E-state index in [1.807, 2.05) is 6.92 Å². The second-order valence-electron chi connectivity index (χ2n) is 5.18. The van der Waals surface area contributed by atoms with Crippen LogP contribution in [0, 0.1) is 5.92 Å². The molecule has 2 atom stereocenters. The Bertz CT molecular complexity index is 257. The summed E-state index contributed by atoms with van der Waals surface area (Å²) in [4.78, 5) is 0. The summed E-state index contributed by atoms with van der Waals surface area (Å²) >= 11 is -1.62. The van der Waals surface area contributed by atoms with Gasteiger partial charge in [0, 0.05) is 0 Å². The Kier molecular flexibility index (Phi) is 4.00. The Morgan fingerprint density at radius 2 is 2.00 bits per heavy atom. The average Bonchev–Trinajstić information content (AvgIpc) is 2.98. The lowest BCUT2D eigenvalue weighted by atomic mass is 9.89. The molecule has 5 heteroatoms. The quantitative estimate of drug-likeness (QED) is 0.698. The molecule has 16 heavy (non-hydrogen) atoms. The van der Waals surface area contributed by atoms with Crippen molar-refractivity contribution in [2.45, 2.75) is 51.2 Å². The molecule has 0 spiro atoms. The number of ether oxygens (including phenoxy) is 1. The molecule has 0 aromatic heterocycles. The predicted molar refractivity (Wildman–Crippen MR) is 61.0 cm³/mol. The molecule has 0 bridgehead atoms. The van der Waals surface area contributed by atoms with E-state index in [9.17, 15) is 4.21 Å². The van der Waals surface area contributed by atoms with Crippen LogP contribution in [0.15, 0.2) is 0 Å². The normalized spacial score (nSPS) is 40.6. The SMILES string of the molecule is CC1CCC(OS(=O)OCC2(C)CO2)CC1. The molecule has 1 saturated carbocycles. The highest BCUT2D eigenvalue weighted by Gasteiger charge is 2.40. The lowest BCUT2D eigenvalue weighted by molar-refractivity contribution is 0.118. The maximum absolute atomic E-state index is 11.5. The van der Waals surface area contributed by atoms with Gasteiger partial charge in [-0.1, -0.05) is 6.92 Å². The van der Waals surface area contributed by atoms with Crippen molar-refractivity contribution >= 4 is 11.4 Å². The van der Waals surface area contributed by atoms with Crippen LogP contribution in [0.25, 0.3) is 0 Å². The van der Waals surface area contributed by atoms with Gasteiger partial charge in [-0.2, -0.15) is 4.21 Å². The van der Waals surface area contributed by atoms with E-state index in [0.717, 1.165) is 31.6 Å². The summed E-state index contributed by atoms with van der Waals surface area (Å²) in [6.07, 6.45) is 4.39. The number of rotatable bonds is 5. The highest BCUT2D eigenvalue weighted by Crippen LogP contribution is 2.28. The summed E-state index contributed by atoms with van der Waals surface area (Å²) in [5.74, 6) is 0.771. The Balaban J connectivity index is 1.63. The van der Waals surface area contributed by atoms with Gasteiger partial charge in [0.15, 0.2) is 0 Å². The van der Waals surface area contributed by atoms with Crippen LogP contribution < -0.4 is 0 Å². The molecule has 0 amide bonds. The van der Waals surface area contributed by atoms with Gasteiger partial charge in [-0.3, -0.25) is 8.37 Å². The minimum Gasteiger partial charge on any atom is -0.367 e. The van der Waals surface area contributed by atoms with Crippen molar-refractivity contribution in [2.24, 2.45) is 5.92 Å². The van der Waals surface area contributed by atoms with E-state index in [-0.39, 0.29) is 11.7 Å². The lowest BCUT2D eigenvalue weighted by Gasteiger charge is -2.24. The van der Waals surface area contributed by atoms with Gasteiger partial charge in [-0.05, 0) is 38.5 Å². The van der Waals surface area contributed by atoms with E-state index < -0.39 is 11.4 Å². The van der Waals surface area contributed by atoms with E-state index in [1.165, 1.54) is 0 Å². The molecule has 2 fully saturated rings. The molecule has 2 unspecified atom stereocenters. The third-order valence-corrected chi connectivity index (χ3v) is 4.01. The van der Waals surface area contributed by atoms with Gasteiger partial charge in [-0.25, -0.2) is 0 Å². The van der Waals surface area contributed by atoms with Crippen LogP contribution in [-0.2, 0) is 24.5 Å². The third kappa shape index (κ3) is 3.80. The molecule has 0 aromatic carbocycles. The van der Waals surface area contributed by atoms with Crippen LogP contribution in [0.1, 0.15) is 39.5 Å². The van der Waals surface area contributed by atoms with Gasteiger partial charge in [-0.15, -0.1) is 0 Å². The molecule has 2 aliphatic rings. The van der Waals surface area contributed by atoms with Crippen LogP contribution in [0.4, 0.5) is 0 Å². The lowest BCUT2D eigenvalue weighted by Crippen LogP contribution is -2.24. The summed E-state index contributed by atoms with van der Waals surface area (Å²) in [6, 6.07) is 0. The minimum absolute atomic E-state index is 0.102. The summed E-state index contributed by atoms with van der Waals surface area (Å²) in [5, 5.41) is 0. The molecular formula is C11H20O4S. The van der Waals surface area contributed by atoms with E-state index in [2.05, 4.69) is 6.92 Å². The van der Waals surface area contributed by atoms with E-state index in [0.29, 0.717) is 13.2 Å². The third-order valence-electron chi connectivity index (χ3n) is 3.28. The van der Waals surface area contributed by atoms with Gasteiger partial charge >= 0.3 is 11.4 Å². The van der Waals surface area contributed by atoms with Gasteiger partial charge < -0.3 is 4.74 Å². The highest BCUT2D eigenvalue weighted by atomic mass is 32.2. The summed E-state index contributed by atoms with van der Waals surface area (Å²) in [6.45, 7) is 5.22. The zero-order valence-electron chi connectivity index (χ0n) is 9.94. The molecule has 1 saturated heterocycles. The molecule has 4 nitrogen and oxygen atoms in total. The summed E-state index contributed by atoms with van der Waals surface area (Å²) in [5.41, 5.74) is -0.222. The molecule has 0 aromatic rings. The first-order chi connectivity index (χ1) is 7.57. The first kappa shape index (κ1) is 12.5. The number of epoxide rings is 1. The molecule has 2 rings (SSSR count). The second-order valence-corrected chi connectivity index (χ2v) is 6.02. The summed E-state index contributed by atoms with van der Waals surface area (Å²) < 4.78 is 27.1. The standard InChI is InChI=1S/C11H20O4S/c1-9-3-5-10(6-4-9)15-16(12)14-8-11(2)7-13-11/h9-10H,3-8H2,1-2H3. The molecular weight excluding hydrogens is 228 g/mol. The fourth-order valence-electron chi connectivity index (χ4n) is 1.84. The van der Waals surface area contributed by atoms with Gasteiger partial charge in [0.05, 0.1) is 19.3 Å². The fourth-order valence-corrected chi connectivity index (χ4v) is 2.66. The van der Waals surface area contributed by atoms with E-state index >= 15 is 0 Å². The van der Waals surface area contributed by atoms with Crippen molar-refractivity contribution in [1.29, 1.82) is 0 Å². The number of hydrogen-bond donors (Lipinski definition) is 0. The van der Waals surface area contributed by atoms with Gasteiger partial charge in [0.2, 0.25) is 0 Å². The molecule has 0 radical (unpaired) electrons. The van der Waals surface area contributed by atoms with Crippen LogP contribution in [-0.4, -0.2) is 29.1 Å². The maximum Gasteiger partial charge on any atom is 0.304 e. The molecule has 1 aliphatic heterocycles. The van der Waals surface area contributed by atoms with Gasteiger partial charge in [0.25, 0.3) is 0 Å². The van der Waals surface area contributed by atoms with E-state index in [1.54, 1.807) is 0 Å². The van der Waals surface area contributed by atoms with Crippen molar-refractivity contribution < 1.29 is 17.3 Å². The maximum atomic E-state index is 11.5. The largest absolute Gasteiger partial charge is 0.367 e. The average molecular weight is 248 g/mol. The first-order valence-electron chi connectivity index (χ1n) is 5.93. The van der Waals surface area contributed by atoms with Crippen molar-refractivity contribution in [3.05, 3.63) is 0 Å². The smallest absolute Gasteiger partial charge is 0.304 e. The zero-order chi connectivity index (χ0) is 11.6. The molecule has 1 aliphatic carbocycles. The fraction of sp³-hybridized carbons (Fsp3) is 1.00. The summed E-state index contributed by atoms with van der Waals surface area (Å²) in [7, 11) is 0. The van der Waals surface area contributed by atoms with Crippen molar-refractivity contribution in [3.63, 3.8) is 0 Å². The van der Waals surface area contributed by atoms with Crippen LogP contribution in [0.2, 0.25) is 0 Å². The monoisotopic (exact) mass is 248 g/mol. The Morgan fingerprint density at radius 3 is 2.56 bits per heavy atom. The van der Waals surface area contributed by atoms with Gasteiger partial charge in [0.1, 0.15) is 5.60 Å². The highest BCUT2D eigenvalue weighted by molar-refractivity contribution is 7.75. The van der Waals surface area contributed by atoms with Crippen molar-refractivity contribution in [1.82, 2.24) is 0 Å². The zero-order valence-corrected chi connectivity index (χ0v) is 10.8. The van der Waals surface area contributed by atoms with Crippen LogP contribution >= 0.6 is 0 Å². The van der Waals surface area contributed by atoms with Crippen molar-refractivity contribution in [2.75, 3.05) is 13.2 Å². The Hall–Kier alpha value is 0.0300. The Labute approximate surface area is 99.5 Å². The minimum atomic E-state index is -1.62. The van der Waals surface area contributed by atoms with Crippen molar-refractivity contribution in [3.8, 4) is 0 Å².